The number of methoxy groups -OCH3 is 1. The van der Waals surface area contributed by atoms with E-state index in [0.717, 1.165) is 22.3 Å². The Morgan fingerprint density at radius 2 is 1.81 bits per heavy atom. The maximum absolute atomic E-state index is 12.9. The van der Waals surface area contributed by atoms with Gasteiger partial charge in [0.25, 0.3) is 5.56 Å². The molecule has 3 N–H and O–H groups in total. The van der Waals surface area contributed by atoms with E-state index in [0.29, 0.717) is 30.2 Å². The molecule has 36 heavy (non-hydrogen) atoms. The highest BCUT2D eigenvalue weighted by Gasteiger charge is 2.16. The van der Waals surface area contributed by atoms with Gasteiger partial charge in [0.05, 0.1) is 11.3 Å². The molecule has 1 aromatic carbocycles. The van der Waals surface area contributed by atoms with Crippen molar-refractivity contribution in [3.63, 3.8) is 0 Å². The van der Waals surface area contributed by atoms with Crippen molar-refractivity contribution in [3.05, 3.63) is 64.6 Å². The van der Waals surface area contributed by atoms with Gasteiger partial charge in [0.2, 0.25) is 5.91 Å². The standard InChI is InChI=1S/C27H33N5O4/c1-17-7-8-21(31-26(35)29-12-10-27(3,4)36-6)16-22(17)20-13-23(32(5)25(34)15-20)19-9-11-28-24(14-19)30-18(2)33/h7-9,11,13-16H,10,12H2,1-6H3,(H,28,30,33)(H2,29,31,35). The number of carbonyl (C=O) groups is 2. The molecular formula is C27H33N5O4. The Morgan fingerprint density at radius 1 is 1.06 bits per heavy atom. The molecule has 0 aliphatic heterocycles. The van der Waals surface area contributed by atoms with Gasteiger partial charge in [0.15, 0.2) is 0 Å². The average molecular weight is 492 g/mol. The zero-order valence-electron chi connectivity index (χ0n) is 21.6. The van der Waals surface area contributed by atoms with Gasteiger partial charge in [0.1, 0.15) is 5.82 Å². The number of nitrogens with zero attached hydrogens (tertiary/aromatic N) is 2. The fourth-order valence-corrected chi connectivity index (χ4v) is 3.67. The molecule has 3 aromatic rings. The maximum atomic E-state index is 12.9. The molecule has 0 radical (unpaired) electrons. The third kappa shape index (κ3) is 6.79. The summed E-state index contributed by atoms with van der Waals surface area (Å²) in [5.41, 5.74) is 4.01. The number of carbonyl (C=O) groups excluding carboxylic acids is 2. The molecule has 9 nitrogen and oxygen atoms in total. The lowest BCUT2D eigenvalue weighted by Gasteiger charge is -2.22. The Morgan fingerprint density at radius 3 is 2.50 bits per heavy atom. The predicted octanol–water partition coefficient (Wildman–Crippen LogP) is 4.32. The van der Waals surface area contributed by atoms with E-state index in [2.05, 4.69) is 20.9 Å². The normalized spacial score (nSPS) is 11.2. The van der Waals surface area contributed by atoms with E-state index in [4.69, 9.17) is 4.74 Å². The van der Waals surface area contributed by atoms with Gasteiger partial charge in [0, 0.05) is 51.1 Å². The highest BCUT2D eigenvalue weighted by Crippen LogP contribution is 2.29. The summed E-state index contributed by atoms with van der Waals surface area (Å²) in [5, 5.41) is 8.37. The lowest BCUT2D eigenvalue weighted by Crippen LogP contribution is -2.34. The van der Waals surface area contributed by atoms with E-state index in [1.807, 2.05) is 45.0 Å². The van der Waals surface area contributed by atoms with Crippen molar-refractivity contribution in [2.45, 2.75) is 39.7 Å². The van der Waals surface area contributed by atoms with Crippen LogP contribution in [0.2, 0.25) is 0 Å². The van der Waals surface area contributed by atoms with Crippen molar-refractivity contribution >= 4 is 23.4 Å². The molecule has 0 saturated carbocycles. The molecule has 0 atom stereocenters. The van der Waals surface area contributed by atoms with E-state index in [1.54, 1.807) is 43.1 Å². The molecule has 190 valence electrons. The lowest BCUT2D eigenvalue weighted by molar-refractivity contribution is -0.114. The minimum absolute atomic E-state index is 0.184. The van der Waals surface area contributed by atoms with E-state index in [9.17, 15) is 14.4 Å². The Hall–Kier alpha value is -3.98. The zero-order chi connectivity index (χ0) is 26.5. The van der Waals surface area contributed by atoms with Crippen LogP contribution < -0.4 is 21.5 Å². The Balaban J connectivity index is 1.89. The first kappa shape index (κ1) is 26.6. The number of nitrogens with one attached hydrogen (secondary N) is 3. The summed E-state index contributed by atoms with van der Waals surface area (Å²) >= 11 is 0. The van der Waals surface area contributed by atoms with Crippen LogP contribution >= 0.6 is 0 Å². The molecule has 0 aliphatic carbocycles. The molecule has 2 aromatic heterocycles. The second kappa shape index (κ2) is 11.2. The third-order valence-corrected chi connectivity index (χ3v) is 5.99. The maximum Gasteiger partial charge on any atom is 0.319 e. The number of aromatic nitrogens is 2. The SMILES string of the molecule is COC(C)(C)CCNC(=O)Nc1ccc(C)c(-c2cc(-c3ccnc(NC(C)=O)c3)n(C)c(=O)c2)c1. The summed E-state index contributed by atoms with van der Waals surface area (Å²) in [6.07, 6.45) is 2.25. The number of ether oxygens (including phenoxy) is 1. The van der Waals surface area contributed by atoms with Crippen LogP contribution in [0.25, 0.3) is 22.4 Å². The second-order valence-electron chi connectivity index (χ2n) is 9.26. The van der Waals surface area contributed by atoms with Gasteiger partial charge in [-0.2, -0.15) is 0 Å². The number of urea groups is 1. The lowest BCUT2D eigenvalue weighted by atomic mass is 9.98. The van der Waals surface area contributed by atoms with Crippen LogP contribution in [0.5, 0.6) is 0 Å². The average Bonchev–Trinajstić information content (AvgIpc) is 2.81. The minimum Gasteiger partial charge on any atom is -0.379 e. The summed E-state index contributed by atoms with van der Waals surface area (Å²) in [5.74, 6) is 0.175. The van der Waals surface area contributed by atoms with Crippen LogP contribution in [0.4, 0.5) is 16.3 Å². The number of anilines is 2. The van der Waals surface area contributed by atoms with Crippen molar-refractivity contribution in [3.8, 4) is 22.4 Å². The first-order valence-corrected chi connectivity index (χ1v) is 11.7. The number of aryl methyl sites for hydroxylation is 1. The monoisotopic (exact) mass is 491 g/mol. The highest BCUT2D eigenvalue weighted by atomic mass is 16.5. The van der Waals surface area contributed by atoms with Gasteiger partial charge in [-0.25, -0.2) is 9.78 Å². The molecule has 3 amide bonds. The fraction of sp³-hybridized carbons (Fsp3) is 0.333. The number of benzene rings is 1. The van der Waals surface area contributed by atoms with Gasteiger partial charge in [-0.1, -0.05) is 6.07 Å². The fourth-order valence-electron chi connectivity index (χ4n) is 3.67. The smallest absolute Gasteiger partial charge is 0.319 e. The van der Waals surface area contributed by atoms with Gasteiger partial charge in [-0.05, 0) is 74.2 Å². The zero-order valence-corrected chi connectivity index (χ0v) is 21.6. The second-order valence-corrected chi connectivity index (χ2v) is 9.26. The van der Waals surface area contributed by atoms with Crippen molar-refractivity contribution in [2.75, 3.05) is 24.3 Å². The van der Waals surface area contributed by atoms with E-state index >= 15 is 0 Å². The topological polar surface area (TPSA) is 114 Å². The third-order valence-electron chi connectivity index (χ3n) is 5.99. The quantitative estimate of drug-likeness (QED) is 0.434. The molecule has 9 heteroatoms. The summed E-state index contributed by atoms with van der Waals surface area (Å²) < 4.78 is 6.92. The Kier molecular flexibility index (Phi) is 8.26. The van der Waals surface area contributed by atoms with Crippen LogP contribution in [0, 0.1) is 6.92 Å². The molecular weight excluding hydrogens is 458 g/mol. The molecule has 0 unspecified atom stereocenters. The van der Waals surface area contributed by atoms with Crippen LogP contribution in [0.15, 0.2) is 53.5 Å². The largest absolute Gasteiger partial charge is 0.379 e. The molecule has 2 heterocycles. The van der Waals surface area contributed by atoms with Crippen molar-refractivity contribution in [1.82, 2.24) is 14.9 Å². The summed E-state index contributed by atoms with van der Waals surface area (Å²) in [6, 6.07) is 12.2. The van der Waals surface area contributed by atoms with Crippen LogP contribution in [-0.2, 0) is 16.6 Å². The number of hydrogen-bond donors (Lipinski definition) is 3. The number of rotatable bonds is 8. The molecule has 0 saturated heterocycles. The van der Waals surface area contributed by atoms with Gasteiger partial charge < -0.3 is 25.3 Å². The number of hydrogen-bond acceptors (Lipinski definition) is 5. The molecule has 0 aliphatic rings. The van der Waals surface area contributed by atoms with E-state index < -0.39 is 0 Å². The number of pyridine rings is 2. The van der Waals surface area contributed by atoms with E-state index in [-0.39, 0.29) is 23.1 Å². The summed E-state index contributed by atoms with van der Waals surface area (Å²) in [7, 11) is 3.34. The van der Waals surface area contributed by atoms with Gasteiger partial charge in [-0.15, -0.1) is 0 Å². The summed E-state index contributed by atoms with van der Waals surface area (Å²) in [6.45, 7) is 7.75. The van der Waals surface area contributed by atoms with Crippen molar-refractivity contribution in [2.24, 2.45) is 7.05 Å². The Bertz CT molecular complexity index is 1330. The van der Waals surface area contributed by atoms with Crippen molar-refractivity contribution < 1.29 is 14.3 Å². The van der Waals surface area contributed by atoms with Gasteiger partial charge >= 0.3 is 6.03 Å². The van der Waals surface area contributed by atoms with Crippen molar-refractivity contribution in [1.29, 1.82) is 0 Å². The predicted molar refractivity (Wildman–Crippen MR) is 142 cm³/mol. The molecule has 0 fully saturated rings. The minimum atomic E-state index is -0.320. The highest BCUT2D eigenvalue weighted by molar-refractivity contribution is 5.91. The molecule has 3 rings (SSSR count). The van der Waals surface area contributed by atoms with E-state index in [1.165, 1.54) is 6.92 Å². The van der Waals surface area contributed by atoms with Crippen LogP contribution in [-0.4, -0.2) is 40.7 Å². The molecule has 0 spiro atoms. The van der Waals surface area contributed by atoms with Crippen LogP contribution in [0.1, 0.15) is 32.8 Å². The Labute approximate surface area is 210 Å². The summed E-state index contributed by atoms with van der Waals surface area (Å²) in [4.78, 5) is 40.9. The van der Waals surface area contributed by atoms with Gasteiger partial charge in [-0.3, -0.25) is 9.59 Å². The molecule has 0 bridgehead atoms. The number of amides is 3. The first-order valence-electron chi connectivity index (χ1n) is 11.7. The first-order chi connectivity index (χ1) is 17.0. The van der Waals surface area contributed by atoms with Crippen LogP contribution in [0.3, 0.4) is 0 Å².